The number of furan rings is 1. The first-order chi connectivity index (χ1) is 9.90. The Morgan fingerprint density at radius 1 is 1.38 bits per heavy atom. The number of hydrogen-bond donors (Lipinski definition) is 1. The number of nitrogens with two attached hydrogens (primary N) is 1. The average Bonchev–Trinajstić information content (AvgIpc) is 2.90. The predicted molar refractivity (Wildman–Crippen MR) is 78.7 cm³/mol. The minimum absolute atomic E-state index is 0.159. The molecule has 0 spiro atoms. The number of nitro groups is 1. The van der Waals surface area contributed by atoms with Crippen LogP contribution in [0.3, 0.4) is 0 Å². The molecule has 0 aliphatic heterocycles. The molecule has 0 amide bonds. The molecule has 1 aromatic heterocycles. The third-order valence-corrected chi connectivity index (χ3v) is 4.55. The van der Waals surface area contributed by atoms with Crippen molar-refractivity contribution in [3.63, 3.8) is 0 Å². The Kier molecular flexibility index (Phi) is 7.04. The van der Waals surface area contributed by atoms with Crippen LogP contribution in [0, 0.1) is 10.1 Å². The molecular formula is C12H22N3O5P. The number of hydrogen-bond acceptors (Lipinski definition) is 5. The molecule has 0 saturated heterocycles. The van der Waals surface area contributed by atoms with Crippen LogP contribution in [-0.4, -0.2) is 22.7 Å². The third kappa shape index (κ3) is 5.59. The molecule has 0 aliphatic carbocycles. The van der Waals surface area contributed by atoms with Gasteiger partial charge >= 0.3 is 13.6 Å². The van der Waals surface area contributed by atoms with E-state index in [4.69, 9.17) is 14.4 Å². The van der Waals surface area contributed by atoms with Gasteiger partial charge in [0, 0.05) is 13.1 Å². The van der Waals surface area contributed by atoms with Crippen molar-refractivity contribution in [3.05, 3.63) is 28.0 Å². The molecule has 0 bridgehead atoms. The van der Waals surface area contributed by atoms with E-state index in [0.717, 1.165) is 19.3 Å². The minimum Gasteiger partial charge on any atom is -0.403 e. The summed E-state index contributed by atoms with van der Waals surface area (Å²) < 4.78 is 24.3. The van der Waals surface area contributed by atoms with Gasteiger partial charge in [0.05, 0.1) is 6.07 Å². The van der Waals surface area contributed by atoms with Crippen molar-refractivity contribution in [3.8, 4) is 0 Å². The Morgan fingerprint density at radius 3 is 2.62 bits per heavy atom. The normalized spacial score (nSPS) is 14.3. The fourth-order valence-corrected chi connectivity index (χ4v) is 3.14. The Labute approximate surface area is 124 Å². The van der Waals surface area contributed by atoms with E-state index in [1.807, 2.05) is 13.8 Å². The Bertz CT molecular complexity index is 505. The highest BCUT2D eigenvalue weighted by molar-refractivity contribution is 7.53. The molecule has 0 fully saturated rings. The molecule has 8 nitrogen and oxygen atoms in total. The van der Waals surface area contributed by atoms with E-state index in [0.29, 0.717) is 13.1 Å². The monoisotopic (exact) mass is 319 g/mol. The molecule has 120 valence electrons. The summed E-state index contributed by atoms with van der Waals surface area (Å²) in [6.07, 6.45) is 2.64. The highest BCUT2D eigenvalue weighted by atomic mass is 31.2. The quantitative estimate of drug-likeness (QED) is 0.400. The highest BCUT2D eigenvalue weighted by Crippen LogP contribution is 2.43. The first kappa shape index (κ1) is 17.8. The van der Waals surface area contributed by atoms with Gasteiger partial charge in [-0.2, -0.15) is 0 Å². The van der Waals surface area contributed by atoms with Crippen LogP contribution in [0.1, 0.15) is 38.9 Å². The molecule has 0 radical (unpaired) electrons. The lowest BCUT2D eigenvalue weighted by molar-refractivity contribution is -0.402. The van der Waals surface area contributed by atoms with Crippen molar-refractivity contribution in [1.82, 2.24) is 4.67 Å². The molecule has 1 atom stereocenters. The van der Waals surface area contributed by atoms with Crippen LogP contribution < -0.4 is 5.50 Å². The van der Waals surface area contributed by atoms with E-state index < -0.39 is 12.6 Å². The van der Waals surface area contributed by atoms with Gasteiger partial charge in [-0.25, -0.2) is 10.2 Å². The topological polar surface area (TPSA) is 112 Å². The fraction of sp³-hybridized carbons (Fsp3) is 0.667. The van der Waals surface area contributed by atoms with Gasteiger partial charge in [0.25, 0.3) is 0 Å². The summed E-state index contributed by atoms with van der Waals surface area (Å²) in [7, 11) is -3.43. The standard InChI is InChI=1S/C12H22N3O5P/c1-3-5-9-14(8-4-2)21(13,18)19-10-11-6-7-12(20-11)15(16)17/h6-7H,3-5,8-10H2,1-2H3,(H2,13,18)/t21-/m0/s1. The zero-order chi connectivity index (χ0) is 15.9. The highest BCUT2D eigenvalue weighted by Gasteiger charge is 2.27. The van der Waals surface area contributed by atoms with Gasteiger partial charge in [-0.05, 0) is 18.9 Å². The van der Waals surface area contributed by atoms with Gasteiger partial charge in [-0.15, -0.1) is 0 Å². The Balaban J connectivity index is 2.63. The van der Waals surface area contributed by atoms with Crippen LogP contribution in [-0.2, 0) is 15.7 Å². The van der Waals surface area contributed by atoms with E-state index >= 15 is 0 Å². The van der Waals surface area contributed by atoms with Crippen LogP contribution in [0.2, 0.25) is 0 Å². The van der Waals surface area contributed by atoms with Crippen molar-refractivity contribution in [2.75, 3.05) is 13.1 Å². The third-order valence-electron chi connectivity index (χ3n) is 2.86. The van der Waals surface area contributed by atoms with E-state index in [9.17, 15) is 14.7 Å². The molecule has 1 rings (SSSR count). The van der Waals surface area contributed by atoms with Gasteiger partial charge in [0.15, 0.2) is 0 Å². The van der Waals surface area contributed by atoms with Crippen LogP contribution >= 0.6 is 7.67 Å². The maximum absolute atomic E-state index is 12.4. The van der Waals surface area contributed by atoms with Crippen molar-refractivity contribution in [1.29, 1.82) is 0 Å². The summed E-state index contributed by atoms with van der Waals surface area (Å²) in [6, 6.07) is 2.63. The molecule has 9 heteroatoms. The molecule has 0 saturated carbocycles. The summed E-state index contributed by atoms with van der Waals surface area (Å²) in [5, 5.41) is 10.5. The molecule has 1 heterocycles. The largest absolute Gasteiger partial charge is 0.433 e. The maximum atomic E-state index is 12.4. The molecule has 0 aliphatic rings. The van der Waals surface area contributed by atoms with Gasteiger partial charge < -0.3 is 4.42 Å². The van der Waals surface area contributed by atoms with Crippen LogP contribution in [0.25, 0.3) is 0 Å². The van der Waals surface area contributed by atoms with Crippen molar-refractivity contribution in [2.24, 2.45) is 5.50 Å². The molecule has 21 heavy (non-hydrogen) atoms. The first-order valence-electron chi connectivity index (χ1n) is 6.92. The van der Waals surface area contributed by atoms with Crippen molar-refractivity contribution in [2.45, 2.75) is 39.7 Å². The lowest BCUT2D eigenvalue weighted by atomic mass is 10.3. The maximum Gasteiger partial charge on any atom is 0.433 e. The predicted octanol–water partition coefficient (Wildman–Crippen LogP) is 3.28. The molecular weight excluding hydrogens is 297 g/mol. The fourth-order valence-electron chi connectivity index (χ4n) is 1.77. The second-order valence-corrected chi connectivity index (χ2v) is 6.59. The molecule has 0 unspecified atom stereocenters. The van der Waals surface area contributed by atoms with Gasteiger partial charge in [0.2, 0.25) is 0 Å². The lowest BCUT2D eigenvalue weighted by Gasteiger charge is -2.27. The van der Waals surface area contributed by atoms with Crippen molar-refractivity contribution >= 4 is 13.6 Å². The first-order valence-corrected chi connectivity index (χ1v) is 8.57. The number of nitrogens with zero attached hydrogens (tertiary/aromatic N) is 2. The van der Waals surface area contributed by atoms with Gasteiger partial charge in [-0.3, -0.25) is 19.2 Å². The summed E-state index contributed by atoms with van der Waals surface area (Å²) in [5.74, 6) is -0.156. The lowest BCUT2D eigenvalue weighted by Crippen LogP contribution is -2.27. The zero-order valence-electron chi connectivity index (χ0n) is 12.4. The van der Waals surface area contributed by atoms with Crippen molar-refractivity contribution < 1.29 is 18.4 Å². The summed E-state index contributed by atoms with van der Waals surface area (Å²) >= 11 is 0. The van der Waals surface area contributed by atoms with Gasteiger partial charge in [0.1, 0.15) is 17.3 Å². The van der Waals surface area contributed by atoms with Crippen LogP contribution in [0.5, 0.6) is 0 Å². The summed E-state index contributed by atoms with van der Waals surface area (Å²) in [6.45, 7) is 5.01. The van der Waals surface area contributed by atoms with E-state index in [-0.39, 0.29) is 18.3 Å². The summed E-state index contributed by atoms with van der Waals surface area (Å²) in [5.41, 5.74) is 5.79. The number of rotatable bonds is 10. The molecule has 1 aromatic rings. The SMILES string of the molecule is CCCCN(CCC)[P@@](N)(=O)OCc1ccc([N+](=O)[O-])o1. The zero-order valence-corrected chi connectivity index (χ0v) is 13.3. The second-order valence-electron chi connectivity index (χ2n) is 4.64. The Hall–Kier alpha value is -1.21. The smallest absolute Gasteiger partial charge is 0.403 e. The van der Waals surface area contributed by atoms with Crippen LogP contribution in [0.4, 0.5) is 5.88 Å². The summed E-state index contributed by atoms with van der Waals surface area (Å²) in [4.78, 5) is 9.87. The van der Waals surface area contributed by atoms with E-state index in [1.165, 1.54) is 12.1 Å². The minimum atomic E-state index is -3.43. The second kappa shape index (κ2) is 8.29. The molecule has 0 aromatic carbocycles. The van der Waals surface area contributed by atoms with E-state index in [2.05, 4.69) is 0 Å². The Morgan fingerprint density at radius 2 is 2.10 bits per heavy atom. The van der Waals surface area contributed by atoms with Gasteiger partial charge in [-0.1, -0.05) is 20.3 Å². The molecule has 2 N–H and O–H groups in total. The average molecular weight is 319 g/mol. The van der Waals surface area contributed by atoms with Crippen LogP contribution in [0.15, 0.2) is 16.5 Å². The number of unbranched alkanes of at least 4 members (excludes halogenated alkanes) is 1. The van der Waals surface area contributed by atoms with E-state index in [1.54, 1.807) is 4.67 Å².